The predicted molar refractivity (Wildman–Crippen MR) is 104 cm³/mol. The van der Waals surface area contributed by atoms with E-state index in [9.17, 15) is 0 Å². The van der Waals surface area contributed by atoms with Crippen molar-refractivity contribution in [2.75, 3.05) is 0 Å². The van der Waals surface area contributed by atoms with Crippen molar-refractivity contribution >= 4 is 11.0 Å². The summed E-state index contributed by atoms with van der Waals surface area (Å²) >= 11 is 0. The number of pyridine rings is 1. The SMILES string of the molecule is CCc1ccc(Cc2ncc(Cc3c[nH]c4ncc(C)cc34)cn2)cc1. The molecule has 4 aromatic rings. The van der Waals surface area contributed by atoms with Gasteiger partial charge in [-0.2, -0.15) is 0 Å². The molecular formula is C22H22N4. The summed E-state index contributed by atoms with van der Waals surface area (Å²) in [5.41, 5.74) is 7.03. The second-order valence-corrected chi connectivity index (χ2v) is 6.75. The average Bonchev–Trinajstić information content (AvgIpc) is 3.06. The average molecular weight is 342 g/mol. The van der Waals surface area contributed by atoms with Gasteiger partial charge in [0.15, 0.2) is 0 Å². The minimum Gasteiger partial charge on any atom is -0.346 e. The molecule has 0 aliphatic heterocycles. The van der Waals surface area contributed by atoms with Crippen LogP contribution in [0.4, 0.5) is 0 Å². The van der Waals surface area contributed by atoms with Gasteiger partial charge in [0, 0.05) is 43.0 Å². The molecule has 0 spiro atoms. The third kappa shape index (κ3) is 3.49. The lowest BCUT2D eigenvalue weighted by Crippen LogP contribution is -1.99. The zero-order valence-electron chi connectivity index (χ0n) is 15.2. The molecule has 0 aliphatic rings. The molecule has 0 saturated carbocycles. The molecule has 4 rings (SSSR count). The van der Waals surface area contributed by atoms with Gasteiger partial charge in [0.1, 0.15) is 11.5 Å². The van der Waals surface area contributed by atoms with E-state index in [0.717, 1.165) is 36.3 Å². The number of aromatic amines is 1. The maximum Gasteiger partial charge on any atom is 0.137 e. The highest BCUT2D eigenvalue weighted by atomic mass is 14.9. The molecule has 0 atom stereocenters. The van der Waals surface area contributed by atoms with Gasteiger partial charge in [0.05, 0.1) is 0 Å². The molecule has 0 bridgehead atoms. The third-order valence-electron chi connectivity index (χ3n) is 4.70. The van der Waals surface area contributed by atoms with Crippen LogP contribution in [0.2, 0.25) is 0 Å². The Morgan fingerprint density at radius 3 is 2.31 bits per heavy atom. The monoisotopic (exact) mass is 342 g/mol. The van der Waals surface area contributed by atoms with Crippen LogP contribution in [0.5, 0.6) is 0 Å². The Labute approximate surface area is 153 Å². The number of aryl methyl sites for hydroxylation is 2. The van der Waals surface area contributed by atoms with E-state index >= 15 is 0 Å². The molecule has 130 valence electrons. The summed E-state index contributed by atoms with van der Waals surface area (Å²) in [5, 5.41) is 1.17. The fourth-order valence-electron chi connectivity index (χ4n) is 3.17. The minimum absolute atomic E-state index is 0.764. The van der Waals surface area contributed by atoms with E-state index in [4.69, 9.17) is 0 Å². The van der Waals surface area contributed by atoms with Crippen molar-refractivity contribution in [3.8, 4) is 0 Å². The Hall–Kier alpha value is -3.01. The molecule has 26 heavy (non-hydrogen) atoms. The summed E-state index contributed by atoms with van der Waals surface area (Å²) in [6.07, 6.45) is 10.4. The molecule has 0 unspecified atom stereocenters. The zero-order valence-corrected chi connectivity index (χ0v) is 15.2. The number of hydrogen-bond acceptors (Lipinski definition) is 3. The first-order valence-corrected chi connectivity index (χ1v) is 9.01. The van der Waals surface area contributed by atoms with Crippen molar-refractivity contribution in [3.63, 3.8) is 0 Å². The summed E-state index contributed by atoms with van der Waals surface area (Å²) in [5.74, 6) is 0.856. The van der Waals surface area contributed by atoms with Crippen molar-refractivity contribution in [3.05, 3.63) is 88.8 Å². The molecule has 0 radical (unpaired) electrons. The summed E-state index contributed by atoms with van der Waals surface area (Å²) in [6, 6.07) is 10.9. The molecule has 4 nitrogen and oxygen atoms in total. The summed E-state index contributed by atoms with van der Waals surface area (Å²) in [6.45, 7) is 4.23. The fraction of sp³-hybridized carbons (Fsp3) is 0.227. The first kappa shape index (κ1) is 16.5. The van der Waals surface area contributed by atoms with Crippen molar-refractivity contribution in [1.29, 1.82) is 0 Å². The minimum atomic E-state index is 0.764. The number of benzene rings is 1. The first-order chi connectivity index (χ1) is 12.7. The molecule has 3 heterocycles. The number of H-pyrrole nitrogens is 1. The van der Waals surface area contributed by atoms with Gasteiger partial charge in [-0.1, -0.05) is 31.2 Å². The molecule has 1 aromatic carbocycles. The van der Waals surface area contributed by atoms with Crippen LogP contribution in [0.15, 0.2) is 55.1 Å². The standard InChI is InChI=1S/C22H22N4/c1-3-16-4-6-17(7-5-16)10-21-23-12-18(13-24-21)9-19-14-26-22-20(19)8-15(2)11-25-22/h4-8,11-14H,3,9-10H2,1-2H3,(H,25,26). The summed E-state index contributed by atoms with van der Waals surface area (Å²) in [7, 11) is 0. The Balaban J connectivity index is 1.49. The van der Waals surface area contributed by atoms with Crippen LogP contribution in [-0.2, 0) is 19.3 Å². The largest absolute Gasteiger partial charge is 0.346 e. The highest BCUT2D eigenvalue weighted by molar-refractivity contribution is 5.80. The molecular weight excluding hydrogens is 320 g/mol. The topological polar surface area (TPSA) is 54.5 Å². The van der Waals surface area contributed by atoms with Gasteiger partial charge < -0.3 is 4.98 Å². The first-order valence-electron chi connectivity index (χ1n) is 9.01. The van der Waals surface area contributed by atoms with E-state index in [-0.39, 0.29) is 0 Å². The van der Waals surface area contributed by atoms with E-state index in [1.54, 1.807) is 0 Å². The highest BCUT2D eigenvalue weighted by Crippen LogP contribution is 2.20. The molecule has 3 aromatic heterocycles. The maximum atomic E-state index is 4.56. The van der Waals surface area contributed by atoms with Crippen LogP contribution in [0.1, 0.15) is 40.6 Å². The van der Waals surface area contributed by atoms with Gasteiger partial charge in [0.2, 0.25) is 0 Å². The van der Waals surface area contributed by atoms with Gasteiger partial charge in [-0.15, -0.1) is 0 Å². The highest BCUT2D eigenvalue weighted by Gasteiger charge is 2.07. The second kappa shape index (κ2) is 7.08. The fourth-order valence-corrected chi connectivity index (χ4v) is 3.17. The van der Waals surface area contributed by atoms with Crippen molar-refractivity contribution in [1.82, 2.24) is 19.9 Å². The lowest BCUT2D eigenvalue weighted by molar-refractivity contribution is 0.942. The number of rotatable bonds is 5. The Morgan fingerprint density at radius 1 is 0.846 bits per heavy atom. The van der Waals surface area contributed by atoms with Gasteiger partial charge in [-0.05, 0) is 47.2 Å². The Morgan fingerprint density at radius 2 is 1.58 bits per heavy atom. The van der Waals surface area contributed by atoms with Crippen LogP contribution in [-0.4, -0.2) is 19.9 Å². The van der Waals surface area contributed by atoms with E-state index in [1.807, 2.05) is 24.8 Å². The van der Waals surface area contributed by atoms with E-state index in [0.29, 0.717) is 0 Å². The number of hydrogen-bond donors (Lipinski definition) is 1. The van der Waals surface area contributed by atoms with Crippen LogP contribution >= 0.6 is 0 Å². The summed E-state index contributed by atoms with van der Waals surface area (Å²) in [4.78, 5) is 16.8. The van der Waals surface area contributed by atoms with Crippen LogP contribution in [0.3, 0.4) is 0 Å². The van der Waals surface area contributed by atoms with Gasteiger partial charge in [0.25, 0.3) is 0 Å². The number of fused-ring (bicyclic) bond motifs is 1. The number of nitrogens with one attached hydrogen (secondary N) is 1. The normalized spacial score (nSPS) is 11.2. The predicted octanol–water partition coefficient (Wildman–Crippen LogP) is 4.41. The Kier molecular flexibility index (Phi) is 4.48. The van der Waals surface area contributed by atoms with Crippen molar-refractivity contribution in [2.45, 2.75) is 33.1 Å². The number of aromatic nitrogens is 4. The third-order valence-corrected chi connectivity index (χ3v) is 4.70. The molecule has 1 N–H and O–H groups in total. The lowest BCUT2D eigenvalue weighted by Gasteiger charge is -2.04. The van der Waals surface area contributed by atoms with Gasteiger partial charge >= 0.3 is 0 Å². The lowest BCUT2D eigenvalue weighted by atomic mass is 10.1. The smallest absolute Gasteiger partial charge is 0.137 e. The number of nitrogens with zero attached hydrogens (tertiary/aromatic N) is 3. The summed E-state index contributed by atoms with van der Waals surface area (Å²) < 4.78 is 0. The molecule has 0 saturated heterocycles. The maximum absolute atomic E-state index is 4.56. The van der Waals surface area contributed by atoms with Crippen LogP contribution < -0.4 is 0 Å². The zero-order chi connectivity index (χ0) is 17.9. The van der Waals surface area contributed by atoms with E-state index < -0.39 is 0 Å². The quantitative estimate of drug-likeness (QED) is 0.585. The van der Waals surface area contributed by atoms with E-state index in [1.165, 1.54) is 27.6 Å². The molecule has 0 amide bonds. The molecule has 0 aliphatic carbocycles. The van der Waals surface area contributed by atoms with Gasteiger partial charge in [-0.3, -0.25) is 0 Å². The van der Waals surface area contributed by atoms with Gasteiger partial charge in [-0.25, -0.2) is 15.0 Å². The van der Waals surface area contributed by atoms with Crippen molar-refractivity contribution in [2.24, 2.45) is 0 Å². The second-order valence-electron chi connectivity index (χ2n) is 6.75. The van der Waals surface area contributed by atoms with Crippen molar-refractivity contribution < 1.29 is 0 Å². The van der Waals surface area contributed by atoms with E-state index in [2.05, 4.69) is 64.1 Å². The Bertz CT molecular complexity index is 1010. The van der Waals surface area contributed by atoms with Crippen LogP contribution in [0.25, 0.3) is 11.0 Å². The molecule has 0 fully saturated rings. The molecule has 4 heteroatoms. The van der Waals surface area contributed by atoms with Crippen LogP contribution in [0, 0.1) is 6.92 Å².